The van der Waals surface area contributed by atoms with Crippen molar-refractivity contribution in [2.75, 3.05) is 23.0 Å². The van der Waals surface area contributed by atoms with E-state index >= 15 is 0 Å². The zero-order valence-corrected chi connectivity index (χ0v) is 17.8. The van der Waals surface area contributed by atoms with Gasteiger partial charge in [0.1, 0.15) is 0 Å². The largest absolute Gasteiger partial charge is 0.411 e. The number of aromatic nitrogens is 2. The first-order valence-corrected chi connectivity index (χ1v) is 10.6. The Hall–Kier alpha value is -3.65. The molecule has 0 aliphatic heterocycles. The van der Waals surface area contributed by atoms with Gasteiger partial charge in [0.15, 0.2) is 0 Å². The van der Waals surface area contributed by atoms with Crippen LogP contribution in [-0.4, -0.2) is 34.8 Å². The second-order valence-corrected chi connectivity index (χ2v) is 7.79. The van der Waals surface area contributed by atoms with Crippen LogP contribution in [0, 0.1) is 0 Å². The highest BCUT2D eigenvalue weighted by Gasteiger charge is 2.15. The van der Waals surface area contributed by atoms with E-state index in [1.165, 1.54) is 11.8 Å². The lowest BCUT2D eigenvalue weighted by atomic mass is 10.1. The van der Waals surface area contributed by atoms with Gasteiger partial charge in [-0.05, 0) is 35.0 Å². The minimum absolute atomic E-state index is 0.0947. The molecule has 0 atom stereocenters. The van der Waals surface area contributed by atoms with Crippen LogP contribution in [0.3, 0.4) is 0 Å². The van der Waals surface area contributed by atoms with Crippen molar-refractivity contribution >= 4 is 45.7 Å². The first kappa shape index (κ1) is 20.6. The Morgan fingerprint density at radius 3 is 2.55 bits per heavy atom. The second-order valence-electron chi connectivity index (χ2n) is 6.87. The van der Waals surface area contributed by atoms with Crippen molar-refractivity contribution in [3.63, 3.8) is 0 Å². The fourth-order valence-corrected chi connectivity index (χ4v) is 3.63. The summed E-state index contributed by atoms with van der Waals surface area (Å²) in [5.41, 5.74) is 2.02. The van der Waals surface area contributed by atoms with Crippen LogP contribution in [0.1, 0.15) is 6.92 Å². The van der Waals surface area contributed by atoms with Crippen LogP contribution in [0.25, 0.3) is 22.2 Å². The molecule has 0 bridgehead atoms. The number of rotatable bonds is 6. The molecule has 8 heteroatoms. The van der Waals surface area contributed by atoms with Gasteiger partial charge in [-0.3, -0.25) is 9.59 Å². The van der Waals surface area contributed by atoms with Crippen molar-refractivity contribution in [3.05, 3.63) is 66.7 Å². The van der Waals surface area contributed by atoms with E-state index in [1.54, 1.807) is 25.2 Å². The monoisotopic (exact) mass is 432 g/mol. The number of hydrogen-bond acceptors (Lipinski definition) is 6. The van der Waals surface area contributed by atoms with E-state index in [-0.39, 0.29) is 17.6 Å². The van der Waals surface area contributed by atoms with Crippen LogP contribution in [0.2, 0.25) is 0 Å². The van der Waals surface area contributed by atoms with Gasteiger partial charge < -0.3 is 14.6 Å². The Balaban J connectivity index is 1.41. The molecule has 4 rings (SSSR count). The third-order valence-corrected chi connectivity index (χ3v) is 5.56. The average Bonchev–Trinajstić information content (AvgIpc) is 3.26. The highest BCUT2D eigenvalue weighted by molar-refractivity contribution is 7.99. The molecule has 0 unspecified atom stereocenters. The molecule has 2 amide bonds. The molecular formula is C23H20N4O3S. The number of carbonyl (C=O) groups excluding carboxylic acids is 2. The van der Waals surface area contributed by atoms with Crippen LogP contribution >= 0.6 is 11.8 Å². The minimum Gasteiger partial charge on any atom is -0.411 e. The molecule has 7 nitrogen and oxygen atoms in total. The smallest absolute Gasteiger partial charge is 0.277 e. The molecule has 0 aliphatic rings. The minimum atomic E-state index is -0.236. The second kappa shape index (κ2) is 9.01. The molecule has 0 radical (unpaired) electrons. The van der Waals surface area contributed by atoms with Crippen LogP contribution < -0.4 is 10.2 Å². The molecule has 1 N–H and O–H groups in total. The highest BCUT2D eigenvalue weighted by atomic mass is 32.2. The summed E-state index contributed by atoms with van der Waals surface area (Å²) < 4.78 is 5.72. The van der Waals surface area contributed by atoms with E-state index in [1.807, 2.05) is 48.5 Å². The lowest BCUT2D eigenvalue weighted by molar-refractivity contribution is -0.116. The van der Waals surface area contributed by atoms with Gasteiger partial charge in [0.2, 0.25) is 17.7 Å². The van der Waals surface area contributed by atoms with Crippen molar-refractivity contribution < 1.29 is 14.0 Å². The summed E-state index contributed by atoms with van der Waals surface area (Å²) >= 11 is 1.15. The maximum absolute atomic E-state index is 12.4. The SMILES string of the molecule is CC(=O)N(C)c1ccccc1NC(=O)CSc1nnc(-c2ccc3ccccc3c2)o1. The van der Waals surface area contributed by atoms with Crippen molar-refractivity contribution in [2.45, 2.75) is 12.1 Å². The van der Waals surface area contributed by atoms with E-state index in [4.69, 9.17) is 4.42 Å². The summed E-state index contributed by atoms with van der Waals surface area (Å²) in [6, 6.07) is 21.1. The summed E-state index contributed by atoms with van der Waals surface area (Å²) in [7, 11) is 1.66. The molecule has 0 saturated heterocycles. The number of nitrogens with one attached hydrogen (secondary N) is 1. The van der Waals surface area contributed by atoms with Gasteiger partial charge in [0.25, 0.3) is 5.22 Å². The standard InChI is InChI=1S/C23H20N4O3S/c1-15(28)27(2)20-10-6-5-9-19(20)24-21(29)14-31-23-26-25-22(30-23)18-12-11-16-7-3-4-8-17(16)13-18/h3-13H,14H2,1-2H3,(H,24,29). The third kappa shape index (κ3) is 4.75. The van der Waals surface area contributed by atoms with Crippen molar-refractivity contribution in [1.82, 2.24) is 10.2 Å². The lowest BCUT2D eigenvalue weighted by Crippen LogP contribution is -2.25. The molecule has 4 aromatic rings. The van der Waals surface area contributed by atoms with Gasteiger partial charge in [0, 0.05) is 19.5 Å². The predicted molar refractivity (Wildman–Crippen MR) is 122 cm³/mol. The molecule has 0 spiro atoms. The molecule has 1 aromatic heterocycles. The van der Waals surface area contributed by atoms with Gasteiger partial charge in [-0.15, -0.1) is 10.2 Å². The number of nitrogens with zero attached hydrogens (tertiary/aromatic N) is 3. The van der Waals surface area contributed by atoms with Crippen LogP contribution in [0.4, 0.5) is 11.4 Å². The molecule has 0 fully saturated rings. The molecule has 156 valence electrons. The summed E-state index contributed by atoms with van der Waals surface area (Å²) in [4.78, 5) is 25.6. The highest BCUT2D eigenvalue weighted by Crippen LogP contribution is 2.27. The Kier molecular flexibility index (Phi) is 5.99. The summed E-state index contributed by atoms with van der Waals surface area (Å²) in [6.45, 7) is 1.47. The van der Waals surface area contributed by atoms with Gasteiger partial charge in [-0.25, -0.2) is 0 Å². The van der Waals surface area contributed by atoms with E-state index in [0.717, 1.165) is 28.1 Å². The summed E-state index contributed by atoms with van der Waals surface area (Å²) in [5, 5.41) is 13.5. The first-order valence-electron chi connectivity index (χ1n) is 9.60. The van der Waals surface area contributed by atoms with Gasteiger partial charge in [-0.1, -0.05) is 54.2 Å². The number of amides is 2. The normalized spacial score (nSPS) is 10.8. The van der Waals surface area contributed by atoms with Gasteiger partial charge >= 0.3 is 0 Å². The average molecular weight is 433 g/mol. The van der Waals surface area contributed by atoms with Crippen LogP contribution in [0.15, 0.2) is 76.4 Å². The molecule has 31 heavy (non-hydrogen) atoms. The van der Waals surface area contributed by atoms with E-state index in [2.05, 4.69) is 15.5 Å². The van der Waals surface area contributed by atoms with E-state index < -0.39 is 0 Å². The van der Waals surface area contributed by atoms with E-state index in [0.29, 0.717) is 22.5 Å². The maximum atomic E-state index is 12.4. The number of benzene rings is 3. The molecule has 0 saturated carbocycles. The zero-order valence-electron chi connectivity index (χ0n) is 17.0. The van der Waals surface area contributed by atoms with Crippen molar-refractivity contribution in [1.29, 1.82) is 0 Å². The quantitative estimate of drug-likeness (QED) is 0.448. The topological polar surface area (TPSA) is 88.3 Å². The molecule has 3 aromatic carbocycles. The number of para-hydroxylation sites is 2. The van der Waals surface area contributed by atoms with Crippen LogP contribution in [-0.2, 0) is 9.59 Å². The van der Waals surface area contributed by atoms with Gasteiger partial charge in [-0.2, -0.15) is 0 Å². The maximum Gasteiger partial charge on any atom is 0.277 e. The molecule has 1 heterocycles. The zero-order chi connectivity index (χ0) is 21.8. The van der Waals surface area contributed by atoms with Crippen LogP contribution in [0.5, 0.6) is 0 Å². The van der Waals surface area contributed by atoms with Crippen molar-refractivity contribution in [3.8, 4) is 11.5 Å². The fourth-order valence-electron chi connectivity index (χ4n) is 3.06. The Morgan fingerprint density at radius 1 is 1.00 bits per heavy atom. The summed E-state index contributed by atoms with van der Waals surface area (Å²) in [6.07, 6.45) is 0. The number of hydrogen-bond donors (Lipinski definition) is 1. The predicted octanol–water partition coefficient (Wildman–Crippen LogP) is 4.60. The number of fused-ring (bicyclic) bond motifs is 1. The number of thioether (sulfide) groups is 1. The fraction of sp³-hybridized carbons (Fsp3) is 0.130. The molecular weight excluding hydrogens is 412 g/mol. The third-order valence-electron chi connectivity index (χ3n) is 4.74. The Bertz CT molecular complexity index is 1250. The van der Waals surface area contributed by atoms with E-state index in [9.17, 15) is 9.59 Å². The lowest BCUT2D eigenvalue weighted by Gasteiger charge is -2.19. The first-order chi connectivity index (χ1) is 15.0. The number of anilines is 2. The molecule has 0 aliphatic carbocycles. The number of carbonyl (C=O) groups is 2. The Labute approximate surface area is 183 Å². The summed E-state index contributed by atoms with van der Waals surface area (Å²) in [5.74, 6) is 0.141. The Morgan fingerprint density at radius 2 is 1.74 bits per heavy atom. The van der Waals surface area contributed by atoms with Gasteiger partial charge in [0.05, 0.1) is 17.1 Å². The van der Waals surface area contributed by atoms with Crippen molar-refractivity contribution in [2.24, 2.45) is 0 Å².